The van der Waals surface area contributed by atoms with E-state index in [9.17, 15) is 10.1 Å². The van der Waals surface area contributed by atoms with Crippen molar-refractivity contribution >= 4 is 41.7 Å². The summed E-state index contributed by atoms with van der Waals surface area (Å²) in [6.07, 6.45) is 0. The molecule has 1 aromatic rings. The average Bonchev–Trinajstić information content (AvgIpc) is 2.38. The maximum absolute atomic E-state index is 10.9. The van der Waals surface area contributed by atoms with Crippen LogP contribution in [0.15, 0.2) is 49.7 Å². The zero-order valence-corrected chi connectivity index (χ0v) is 21.3. The molecule has 0 saturated heterocycles. The van der Waals surface area contributed by atoms with Crippen LogP contribution in [0.1, 0.15) is 0 Å². The minimum absolute atomic E-state index is 0.158. The lowest BCUT2D eigenvalue weighted by Gasteiger charge is -2.46. The quantitative estimate of drug-likeness (QED) is 0.285. The fourth-order valence-electron chi connectivity index (χ4n) is 3.45. The Labute approximate surface area is 165 Å². The van der Waals surface area contributed by atoms with Crippen LogP contribution in [0.25, 0.3) is 0 Å². The molecule has 0 heterocycles. The Bertz CT molecular complexity index is 792. The van der Waals surface area contributed by atoms with Crippen LogP contribution in [-0.2, 0) is 0 Å². The Morgan fingerprint density at radius 3 is 1.50 bits per heavy atom. The van der Waals surface area contributed by atoms with Gasteiger partial charge in [0.15, 0.2) is 0 Å². The summed E-state index contributed by atoms with van der Waals surface area (Å²) >= 11 is 1.83. The van der Waals surface area contributed by atoms with Gasteiger partial charge in [0.1, 0.15) is 0 Å². The molecule has 0 aliphatic heterocycles. The Balaban J connectivity index is 2.52. The first-order chi connectivity index (χ1) is 11.6. The van der Waals surface area contributed by atoms with E-state index in [1.165, 1.54) is 4.91 Å². The van der Waals surface area contributed by atoms with Crippen LogP contribution in [-0.4, -0.2) is 29.1 Å². The standard InChI is InChI=1S/C19H31NO2SSi3/c1-24(2,3)17-16(18(25(4,5)6)19(17)26(7,8)9)23-15-12-10-14(11-13-15)20(21)22/h10-13H,1-9H3. The predicted molar refractivity (Wildman–Crippen MR) is 123 cm³/mol. The molecule has 0 bridgehead atoms. The first-order valence-corrected chi connectivity index (χ1v) is 20.4. The molecule has 0 fully saturated rings. The number of thioether (sulfide) groups is 1. The molecule has 0 N–H and O–H groups in total. The molecule has 0 unspecified atom stereocenters. The molecule has 0 saturated carbocycles. The number of non-ortho nitro benzene ring substituents is 1. The fourth-order valence-corrected chi connectivity index (χ4v) is 16.6. The second-order valence-electron chi connectivity index (χ2n) is 10.1. The Kier molecular flexibility index (Phi) is 5.70. The van der Waals surface area contributed by atoms with Crippen molar-refractivity contribution in [2.75, 3.05) is 0 Å². The van der Waals surface area contributed by atoms with Crippen LogP contribution >= 0.6 is 11.8 Å². The predicted octanol–water partition coefficient (Wildman–Crippen LogP) is 6.88. The third kappa shape index (κ3) is 4.32. The number of nitro benzene ring substituents is 1. The molecule has 0 aromatic heterocycles. The number of nitrogens with zero attached hydrogens (tertiary/aromatic N) is 1. The summed E-state index contributed by atoms with van der Waals surface area (Å²) in [7, 11) is -4.34. The molecule has 7 heteroatoms. The van der Waals surface area contributed by atoms with Gasteiger partial charge in [-0.25, -0.2) is 0 Å². The molecule has 0 spiro atoms. The van der Waals surface area contributed by atoms with Gasteiger partial charge in [-0.15, -0.1) is 0 Å². The van der Waals surface area contributed by atoms with Crippen LogP contribution in [0.2, 0.25) is 58.9 Å². The zero-order chi connectivity index (χ0) is 20.1. The summed E-state index contributed by atoms with van der Waals surface area (Å²) in [6.45, 7) is 22.1. The largest absolute Gasteiger partial charge is 0.269 e. The zero-order valence-electron chi connectivity index (χ0n) is 17.5. The molecule has 0 radical (unpaired) electrons. The highest BCUT2D eigenvalue weighted by Gasteiger charge is 2.46. The van der Waals surface area contributed by atoms with E-state index in [1.807, 2.05) is 23.9 Å². The Morgan fingerprint density at radius 1 is 0.731 bits per heavy atom. The molecule has 0 atom stereocenters. The lowest BCUT2D eigenvalue weighted by molar-refractivity contribution is -0.384. The Morgan fingerprint density at radius 2 is 1.15 bits per heavy atom. The molecule has 142 valence electrons. The summed E-state index contributed by atoms with van der Waals surface area (Å²) in [5.41, 5.74) is 0.158. The maximum Gasteiger partial charge on any atom is 0.269 e. The fraction of sp³-hybridized carbons (Fsp3) is 0.474. The third-order valence-corrected chi connectivity index (χ3v) is 12.5. The third-order valence-electron chi connectivity index (χ3n) is 4.47. The molecule has 26 heavy (non-hydrogen) atoms. The normalized spacial score (nSPS) is 16.0. The second-order valence-corrected chi connectivity index (χ2v) is 26.1. The van der Waals surface area contributed by atoms with Gasteiger partial charge in [-0.05, 0) is 22.5 Å². The van der Waals surface area contributed by atoms with Gasteiger partial charge in [0.25, 0.3) is 5.69 Å². The van der Waals surface area contributed by atoms with Crippen molar-refractivity contribution in [2.24, 2.45) is 0 Å². The first kappa shape index (κ1) is 21.4. The SMILES string of the molecule is C[Si](C)(C)C1=C(Sc2ccc([N+](=O)[O-])cc2)C([Si](C)(C)C)=C1[Si](C)(C)C. The average molecular weight is 422 g/mol. The van der Waals surface area contributed by atoms with E-state index in [1.54, 1.807) is 27.7 Å². The summed E-state index contributed by atoms with van der Waals surface area (Å²) in [6, 6.07) is 7.03. The van der Waals surface area contributed by atoms with Crippen LogP contribution in [0.4, 0.5) is 5.69 Å². The van der Waals surface area contributed by atoms with E-state index in [0.29, 0.717) is 0 Å². The first-order valence-electron chi connectivity index (χ1n) is 9.07. The number of benzene rings is 1. The highest BCUT2D eigenvalue weighted by atomic mass is 32.2. The van der Waals surface area contributed by atoms with Gasteiger partial charge in [-0.3, -0.25) is 10.1 Å². The second kappa shape index (κ2) is 6.92. The highest BCUT2D eigenvalue weighted by molar-refractivity contribution is 8.03. The number of hydrogen-bond donors (Lipinski definition) is 0. The van der Waals surface area contributed by atoms with E-state index in [2.05, 4.69) is 58.9 Å². The summed E-state index contributed by atoms with van der Waals surface area (Å²) in [5.74, 6) is 0. The van der Waals surface area contributed by atoms with Gasteiger partial charge in [0, 0.05) is 21.9 Å². The number of rotatable bonds is 6. The van der Waals surface area contributed by atoms with Gasteiger partial charge in [0.05, 0.1) is 29.1 Å². The van der Waals surface area contributed by atoms with Crippen molar-refractivity contribution in [1.82, 2.24) is 0 Å². The minimum Gasteiger partial charge on any atom is -0.258 e. The lowest BCUT2D eigenvalue weighted by atomic mass is 10.2. The van der Waals surface area contributed by atoms with Crippen LogP contribution < -0.4 is 0 Å². The number of allylic oxidation sites excluding steroid dienone is 3. The minimum atomic E-state index is -1.46. The summed E-state index contributed by atoms with van der Waals surface area (Å²) in [5, 5.41) is 16.0. The van der Waals surface area contributed by atoms with Crippen LogP contribution in [0, 0.1) is 10.1 Å². The van der Waals surface area contributed by atoms with Crippen molar-refractivity contribution in [3.8, 4) is 0 Å². The van der Waals surface area contributed by atoms with E-state index in [0.717, 1.165) is 4.90 Å². The van der Waals surface area contributed by atoms with Crippen LogP contribution in [0.3, 0.4) is 0 Å². The van der Waals surface area contributed by atoms with Gasteiger partial charge in [-0.1, -0.05) is 75.9 Å². The van der Waals surface area contributed by atoms with Gasteiger partial charge in [0.2, 0.25) is 0 Å². The van der Waals surface area contributed by atoms with Crippen LogP contribution in [0.5, 0.6) is 0 Å². The number of nitro groups is 1. The molecule has 1 aliphatic carbocycles. The molecule has 0 amide bonds. The Hall–Kier alpha value is -0.899. The van der Waals surface area contributed by atoms with Crippen molar-refractivity contribution < 1.29 is 4.92 Å². The van der Waals surface area contributed by atoms with Crippen molar-refractivity contribution in [1.29, 1.82) is 0 Å². The van der Waals surface area contributed by atoms with Gasteiger partial charge in [-0.2, -0.15) is 0 Å². The topological polar surface area (TPSA) is 43.1 Å². The van der Waals surface area contributed by atoms with E-state index < -0.39 is 24.2 Å². The van der Waals surface area contributed by atoms with Gasteiger partial charge < -0.3 is 0 Å². The van der Waals surface area contributed by atoms with Crippen molar-refractivity contribution in [3.63, 3.8) is 0 Å². The van der Waals surface area contributed by atoms with E-state index in [4.69, 9.17) is 0 Å². The molecule has 1 aromatic carbocycles. The summed E-state index contributed by atoms with van der Waals surface area (Å²) < 4.78 is 0. The van der Waals surface area contributed by atoms with Gasteiger partial charge >= 0.3 is 0 Å². The molecular weight excluding hydrogens is 391 g/mol. The van der Waals surface area contributed by atoms with E-state index >= 15 is 0 Å². The molecule has 3 nitrogen and oxygen atoms in total. The molecule has 1 aliphatic rings. The number of hydrogen-bond acceptors (Lipinski definition) is 3. The lowest BCUT2D eigenvalue weighted by Crippen LogP contribution is -2.46. The monoisotopic (exact) mass is 421 g/mol. The maximum atomic E-state index is 10.9. The smallest absolute Gasteiger partial charge is 0.258 e. The summed E-state index contributed by atoms with van der Waals surface area (Å²) in [4.78, 5) is 13.2. The van der Waals surface area contributed by atoms with E-state index in [-0.39, 0.29) is 10.6 Å². The van der Waals surface area contributed by atoms with Crippen molar-refractivity contribution in [3.05, 3.63) is 54.9 Å². The molecule has 2 rings (SSSR count). The molecular formula is C19H31NO2SSi3. The highest BCUT2D eigenvalue weighted by Crippen LogP contribution is 2.54. The van der Waals surface area contributed by atoms with Crippen molar-refractivity contribution in [2.45, 2.75) is 63.8 Å².